The van der Waals surface area contributed by atoms with E-state index in [0.717, 1.165) is 25.2 Å². The molecule has 2 saturated heterocycles. The molecule has 0 bridgehead atoms. The number of carbonyl (C=O) groups excluding carboxylic acids is 2. The summed E-state index contributed by atoms with van der Waals surface area (Å²) < 4.78 is 5.44. The normalized spacial score (nSPS) is 20.5. The van der Waals surface area contributed by atoms with Gasteiger partial charge in [0, 0.05) is 31.0 Å². The lowest BCUT2D eigenvalue weighted by molar-refractivity contribution is -0.120. The maximum atomic E-state index is 12.7. The molecule has 1 aromatic rings. The van der Waals surface area contributed by atoms with Gasteiger partial charge in [0.2, 0.25) is 5.91 Å². The molecule has 1 N–H and O–H groups in total. The third-order valence-corrected chi connectivity index (χ3v) is 5.04. The van der Waals surface area contributed by atoms with Crippen LogP contribution in [-0.2, 0) is 9.53 Å². The summed E-state index contributed by atoms with van der Waals surface area (Å²) in [6, 6.07) is 7.52. The summed E-state index contributed by atoms with van der Waals surface area (Å²) in [6.45, 7) is 8.25. The second kappa shape index (κ2) is 8.19. The Morgan fingerprint density at radius 2 is 1.67 bits per heavy atom. The largest absolute Gasteiger partial charge is 0.444 e. The Morgan fingerprint density at radius 1 is 1.00 bits per heavy atom. The lowest BCUT2D eigenvalue weighted by atomic mass is 10.1. The van der Waals surface area contributed by atoms with Gasteiger partial charge in [-0.3, -0.25) is 9.69 Å². The summed E-state index contributed by atoms with van der Waals surface area (Å²) in [7, 11) is 0. The molecular formula is C21H31N3O3. The van der Waals surface area contributed by atoms with E-state index < -0.39 is 17.7 Å². The SMILES string of the molecule is CC(C)(C)OC(=O)N1CCC[C@H]1C(=O)Nc1ccc(N2CCCCC2)cc1. The van der Waals surface area contributed by atoms with Gasteiger partial charge in [-0.15, -0.1) is 0 Å². The number of anilines is 2. The highest BCUT2D eigenvalue weighted by Gasteiger charge is 2.36. The molecule has 0 aliphatic carbocycles. The van der Waals surface area contributed by atoms with Crippen LogP contribution in [0.15, 0.2) is 24.3 Å². The first-order valence-electron chi connectivity index (χ1n) is 9.99. The fraction of sp³-hybridized carbons (Fsp3) is 0.619. The van der Waals surface area contributed by atoms with Crippen molar-refractivity contribution < 1.29 is 14.3 Å². The van der Waals surface area contributed by atoms with Crippen molar-refractivity contribution in [3.8, 4) is 0 Å². The first kappa shape index (κ1) is 19.5. The zero-order valence-corrected chi connectivity index (χ0v) is 16.7. The summed E-state index contributed by atoms with van der Waals surface area (Å²) in [5.41, 5.74) is 1.39. The van der Waals surface area contributed by atoms with Gasteiger partial charge in [0.1, 0.15) is 11.6 Å². The molecule has 2 aliphatic rings. The predicted octanol–water partition coefficient (Wildman–Crippen LogP) is 4.01. The first-order valence-corrected chi connectivity index (χ1v) is 9.99. The van der Waals surface area contributed by atoms with Crippen LogP contribution in [0.4, 0.5) is 16.2 Å². The number of nitrogens with one attached hydrogen (secondary N) is 1. The number of piperidine rings is 1. The highest BCUT2D eigenvalue weighted by atomic mass is 16.6. The van der Waals surface area contributed by atoms with E-state index in [-0.39, 0.29) is 5.91 Å². The van der Waals surface area contributed by atoms with Crippen molar-refractivity contribution in [2.75, 3.05) is 29.9 Å². The predicted molar refractivity (Wildman–Crippen MR) is 107 cm³/mol. The third kappa shape index (κ3) is 5.15. The van der Waals surface area contributed by atoms with Gasteiger partial charge in [-0.25, -0.2) is 4.79 Å². The topological polar surface area (TPSA) is 61.9 Å². The standard InChI is InChI=1S/C21H31N3O3/c1-21(2,3)27-20(26)24-15-7-8-18(24)19(25)22-16-9-11-17(12-10-16)23-13-5-4-6-14-23/h9-12,18H,4-8,13-15H2,1-3H3,(H,22,25)/t18-/m0/s1. The Morgan fingerprint density at radius 3 is 2.30 bits per heavy atom. The van der Waals surface area contributed by atoms with Crippen molar-refractivity contribution >= 4 is 23.4 Å². The minimum absolute atomic E-state index is 0.149. The number of ether oxygens (including phenoxy) is 1. The van der Waals surface area contributed by atoms with Crippen LogP contribution in [-0.4, -0.2) is 48.2 Å². The second-order valence-corrected chi connectivity index (χ2v) is 8.42. The van der Waals surface area contributed by atoms with E-state index in [1.165, 1.54) is 24.9 Å². The summed E-state index contributed by atoms with van der Waals surface area (Å²) in [4.78, 5) is 29.0. The van der Waals surface area contributed by atoms with Gasteiger partial charge in [0.25, 0.3) is 0 Å². The maximum Gasteiger partial charge on any atom is 0.410 e. The molecule has 0 radical (unpaired) electrons. The fourth-order valence-electron chi connectivity index (χ4n) is 3.71. The van der Waals surface area contributed by atoms with Gasteiger partial charge >= 0.3 is 6.09 Å². The van der Waals surface area contributed by atoms with Crippen LogP contribution >= 0.6 is 0 Å². The summed E-state index contributed by atoms with van der Waals surface area (Å²) in [5.74, 6) is -0.149. The van der Waals surface area contributed by atoms with Crippen LogP contribution in [0.3, 0.4) is 0 Å². The number of amides is 2. The van der Waals surface area contributed by atoms with E-state index in [4.69, 9.17) is 4.74 Å². The molecule has 0 spiro atoms. The molecule has 3 rings (SSSR count). The Kier molecular flexibility index (Phi) is 5.92. The Bertz CT molecular complexity index is 660. The number of rotatable bonds is 3. The van der Waals surface area contributed by atoms with Crippen LogP contribution in [0.25, 0.3) is 0 Å². The van der Waals surface area contributed by atoms with E-state index >= 15 is 0 Å². The van der Waals surface area contributed by atoms with Gasteiger partial charge in [0.05, 0.1) is 0 Å². The minimum atomic E-state index is -0.565. The Hall–Kier alpha value is -2.24. The van der Waals surface area contributed by atoms with Crippen molar-refractivity contribution in [2.24, 2.45) is 0 Å². The van der Waals surface area contributed by atoms with Crippen molar-refractivity contribution in [3.63, 3.8) is 0 Å². The van der Waals surface area contributed by atoms with E-state index in [1.54, 1.807) is 4.90 Å². The molecule has 1 aromatic carbocycles. The van der Waals surface area contributed by atoms with Crippen molar-refractivity contribution in [2.45, 2.75) is 64.5 Å². The number of likely N-dealkylation sites (tertiary alicyclic amines) is 1. The van der Waals surface area contributed by atoms with E-state index in [1.807, 2.05) is 32.9 Å². The number of hydrogen-bond donors (Lipinski definition) is 1. The van der Waals surface area contributed by atoms with Crippen LogP contribution in [0.2, 0.25) is 0 Å². The highest BCUT2D eigenvalue weighted by molar-refractivity contribution is 5.97. The molecule has 148 valence electrons. The molecule has 0 unspecified atom stereocenters. The minimum Gasteiger partial charge on any atom is -0.444 e. The van der Waals surface area contributed by atoms with Gasteiger partial charge in [-0.05, 0) is 77.1 Å². The molecule has 1 atom stereocenters. The molecule has 2 fully saturated rings. The fourth-order valence-corrected chi connectivity index (χ4v) is 3.71. The molecule has 27 heavy (non-hydrogen) atoms. The lowest BCUT2D eigenvalue weighted by Crippen LogP contribution is -2.45. The van der Waals surface area contributed by atoms with Crippen LogP contribution < -0.4 is 10.2 Å². The highest BCUT2D eigenvalue weighted by Crippen LogP contribution is 2.24. The Labute approximate surface area is 161 Å². The molecule has 2 heterocycles. The maximum absolute atomic E-state index is 12.7. The first-order chi connectivity index (χ1) is 12.8. The molecular weight excluding hydrogens is 342 g/mol. The van der Waals surface area contributed by atoms with Crippen molar-refractivity contribution in [1.82, 2.24) is 4.90 Å². The average Bonchev–Trinajstić information content (AvgIpc) is 3.12. The molecule has 2 amide bonds. The van der Waals surface area contributed by atoms with E-state index in [2.05, 4.69) is 22.3 Å². The van der Waals surface area contributed by atoms with Crippen molar-refractivity contribution in [3.05, 3.63) is 24.3 Å². The van der Waals surface area contributed by atoms with Crippen molar-refractivity contribution in [1.29, 1.82) is 0 Å². The van der Waals surface area contributed by atoms with E-state index in [0.29, 0.717) is 13.0 Å². The van der Waals surface area contributed by atoms with Gasteiger partial charge < -0.3 is 15.0 Å². The Balaban J connectivity index is 1.59. The summed E-state index contributed by atoms with van der Waals surface area (Å²) in [5, 5.41) is 2.95. The number of hydrogen-bond acceptors (Lipinski definition) is 4. The quantitative estimate of drug-likeness (QED) is 0.869. The molecule has 6 nitrogen and oxygen atoms in total. The zero-order chi connectivity index (χ0) is 19.4. The van der Waals surface area contributed by atoms with Crippen LogP contribution in [0.5, 0.6) is 0 Å². The van der Waals surface area contributed by atoms with Crippen LogP contribution in [0, 0.1) is 0 Å². The van der Waals surface area contributed by atoms with E-state index in [9.17, 15) is 9.59 Å². The average molecular weight is 373 g/mol. The summed E-state index contributed by atoms with van der Waals surface area (Å²) in [6.07, 6.45) is 4.84. The smallest absolute Gasteiger partial charge is 0.410 e. The third-order valence-electron chi connectivity index (χ3n) is 5.04. The van der Waals surface area contributed by atoms with Crippen LogP contribution in [0.1, 0.15) is 52.9 Å². The lowest BCUT2D eigenvalue weighted by Gasteiger charge is -2.29. The van der Waals surface area contributed by atoms with Gasteiger partial charge in [-0.2, -0.15) is 0 Å². The number of nitrogens with zero attached hydrogens (tertiary/aromatic N) is 2. The molecule has 0 aromatic heterocycles. The summed E-state index contributed by atoms with van der Waals surface area (Å²) >= 11 is 0. The zero-order valence-electron chi connectivity index (χ0n) is 16.7. The monoisotopic (exact) mass is 373 g/mol. The number of carbonyl (C=O) groups is 2. The second-order valence-electron chi connectivity index (χ2n) is 8.42. The van der Waals surface area contributed by atoms with Gasteiger partial charge in [-0.1, -0.05) is 0 Å². The molecule has 6 heteroatoms. The molecule has 0 saturated carbocycles. The molecule has 2 aliphatic heterocycles. The van der Waals surface area contributed by atoms with Gasteiger partial charge in [0.15, 0.2) is 0 Å². The number of benzene rings is 1.